The Morgan fingerprint density at radius 1 is 1.05 bits per heavy atom. The Balaban J connectivity index is 2.44. The van der Waals surface area contributed by atoms with Gasteiger partial charge in [0.05, 0.1) is 10.6 Å². The molecule has 5 heteroatoms. The predicted octanol–water partition coefficient (Wildman–Crippen LogP) is 2.82. The molecule has 0 atom stereocenters. The lowest BCUT2D eigenvalue weighted by Crippen LogP contribution is -2.16. The van der Waals surface area contributed by atoms with Crippen LogP contribution in [0.5, 0.6) is 0 Å². The number of hydrogen-bond donors (Lipinski definition) is 2. The largest absolute Gasteiger partial charge is 0.326 e. The number of aryl methyl sites for hydroxylation is 1. The summed E-state index contributed by atoms with van der Waals surface area (Å²) in [6.45, 7) is 4.09. The lowest BCUT2D eigenvalue weighted by Gasteiger charge is -2.14. The van der Waals surface area contributed by atoms with Crippen LogP contribution in [0.15, 0.2) is 47.4 Å². The minimum atomic E-state index is -3.61. The van der Waals surface area contributed by atoms with Gasteiger partial charge in [-0.25, -0.2) is 8.42 Å². The average molecular weight is 304 g/mol. The summed E-state index contributed by atoms with van der Waals surface area (Å²) >= 11 is 0. The maximum atomic E-state index is 12.6. The normalized spacial score (nSPS) is 11.4. The highest BCUT2D eigenvalue weighted by Crippen LogP contribution is 2.24. The van der Waals surface area contributed by atoms with Crippen LogP contribution in [0.2, 0.25) is 0 Å². The minimum Gasteiger partial charge on any atom is -0.326 e. The Morgan fingerprint density at radius 3 is 2.38 bits per heavy atom. The van der Waals surface area contributed by atoms with Crippen molar-refractivity contribution in [3.63, 3.8) is 0 Å². The van der Waals surface area contributed by atoms with Gasteiger partial charge in [0.15, 0.2) is 0 Å². The van der Waals surface area contributed by atoms with Crippen molar-refractivity contribution >= 4 is 15.7 Å². The quantitative estimate of drug-likeness (QED) is 0.892. The van der Waals surface area contributed by atoms with Crippen molar-refractivity contribution in [2.24, 2.45) is 5.73 Å². The van der Waals surface area contributed by atoms with Gasteiger partial charge in [-0.1, -0.05) is 37.3 Å². The number of rotatable bonds is 5. The highest BCUT2D eigenvalue weighted by molar-refractivity contribution is 7.92. The van der Waals surface area contributed by atoms with Gasteiger partial charge >= 0.3 is 0 Å². The van der Waals surface area contributed by atoms with Crippen LogP contribution in [0.1, 0.15) is 23.6 Å². The lowest BCUT2D eigenvalue weighted by atomic mass is 10.1. The fraction of sp³-hybridized carbons (Fsp3) is 0.250. The zero-order chi connectivity index (χ0) is 15.5. The molecular weight excluding hydrogens is 284 g/mol. The molecular formula is C16H20N2O2S. The second-order valence-corrected chi connectivity index (χ2v) is 6.51. The monoisotopic (exact) mass is 304 g/mol. The van der Waals surface area contributed by atoms with Crippen molar-refractivity contribution < 1.29 is 8.42 Å². The summed E-state index contributed by atoms with van der Waals surface area (Å²) in [6, 6.07) is 12.6. The van der Waals surface area contributed by atoms with E-state index in [9.17, 15) is 8.42 Å². The fourth-order valence-corrected chi connectivity index (χ4v) is 3.69. The van der Waals surface area contributed by atoms with Crippen LogP contribution < -0.4 is 10.5 Å². The minimum absolute atomic E-state index is 0.274. The summed E-state index contributed by atoms with van der Waals surface area (Å²) in [6.07, 6.45) is 0.764. The molecule has 0 saturated heterocycles. The summed E-state index contributed by atoms with van der Waals surface area (Å²) in [4.78, 5) is 0.274. The third-order valence-electron chi connectivity index (χ3n) is 3.55. The predicted molar refractivity (Wildman–Crippen MR) is 85.7 cm³/mol. The highest BCUT2D eigenvalue weighted by atomic mass is 32.2. The second kappa shape index (κ2) is 6.28. The molecule has 112 valence electrons. The number of benzene rings is 2. The molecule has 0 heterocycles. The van der Waals surface area contributed by atoms with E-state index in [0.717, 1.165) is 17.5 Å². The molecule has 2 aromatic rings. The maximum absolute atomic E-state index is 12.6. The van der Waals surface area contributed by atoms with E-state index in [1.54, 1.807) is 25.1 Å². The molecule has 4 nitrogen and oxygen atoms in total. The molecule has 0 aliphatic carbocycles. The number of para-hydroxylation sites is 1. The first kappa shape index (κ1) is 15.5. The Morgan fingerprint density at radius 2 is 1.71 bits per heavy atom. The molecule has 0 amide bonds. The van der Waals surface area contributed by atoms with Gasteiger partial charge in [0.1, 0.15) is 0 Å². The van der Waals surface area contributed by atoms with Crippen LogP contribution in [0.25, 0.3) is 0 Å². The maximum Gasteiger partial charge on any atom is 0.262 e. The van der Waals surface area contributed by atoms with Crippen molar-refractivity contribution in [1.82, 2.24) is 0 Å². The first-order chi connectivity index (χ1) is 9.99. The topological polar surface area (TPSA) is 72.2 Å². The summed E-state index contributed by atoms with van der Waals surface area (Å²) in [5, 5.41) is 0. The summed E-state index contributed by atoms with van der Waals surface area (Å²) in [5.74, 6) is 0. The summed E-state index contributed by atoms with van der Waals surface area (Å²) < 4.78 is 27.9. The zero-order valence-corrected chi connectivity index (χ0v) is 13.1. The number of anilines is 1. The molecule has 0 spiro atoms. The smallest absolute Gasteiger partial charge is 0.262 e. The van der Waals surface area contributed by atoms with E-state index in [-0.39, 0.29) is 4.90 Å². The Hall–Kier alpha value is -1.85. The number of sulfonamides is 1. The van der Waals surface area contributed by atoms with Crippen LogP contribution in [-0.4, -0.2) is 8.42 Å². The van der Waals surface area contributed by atoms with Crippen LogP contribution in [0, 0.1) is 6.92 Å². The van der Waals surface area contributed by atoms with Crippen molar-refractivity contribution in [1.29, 1.82) is 0 Å². The Kier molecular flexibility index (Phi) is 4.65. The van der Waals surface area contributed by atoms with Gasteiger partial charge in [0.25, 0.3) is 10.0 Å². The molecule has 0 bridgehead atoms. The molecule has 21 heavy (non-hydrogen) atoms. The van der Waals surface area contributed by atoms with Gasteiger partial charge in [0, 0.05) is 6.54 Å². The summed E-state index contributed by atoms with van der Waals surface area (Å²) in [7, 11) is -3.61. The Bertz CT molecular complexity index is 740. The van der Waals surface area contributed by atoms with Gasteiger partial charge in [-0.3, -0.25) is 4.72 Å². The van der Waals surface area contributed by atoms with E-state index >= 15 is 0 Å². The van der Waals surface area contributed by atoms with Crippen molar-refractivity contribution in [3.05, 3.63) is 59.2 Å². The molecule has 0 radical (unpaired) electrons. The van der Waals surface area contributed by atoms with E-state index < -0.39 is 10.0 Å². The zero-order valence-electron chi connectivity index (χ0n) is 12.3. The molecule has 0 aromatic heterocycles. The lowest BCUT2D eigenvalue weighted by molar-refractivity contribution is 0.600. The molecule has 2 rings (SSSR count). The highest BCUT2D eigenvalue weighted by Gasteiger charge is 2.19. The SMILES string of the molecule is CCc1ccccc1NS(=O)(=O)c1cccc(CN)c1C. The van der Waals surface area contributed by atoms with E-state index in [1.165, 1.54) is 0 Å². The Labute approximate surface area is 126 Å². The first-order valence-electron chi connectivity index (χ1n) is 6.89. The van der Waals surface area contributed by atoms with Crippen molar-refractivity contribution in [3.8, 4) is 0 Å². The third-order valence-corrected chi connectivity index (χ3v) is 5.06. The fourth-order valence-electron chi connectivity index (χ4n) is 2.30. The van der Waals surface area contributed by atoms with Gasteiger partial charge in [0.2, 0.25) is 0 Å². The van der Waals surface area contributed by atoms with Crippen molar-refractivity contribution in [2.75, 3.05) is 4.72 Å². The molecule has 2 aromatic carbocycles. The van der Waals surface area contributed by atoms with Gasteiger partial charge in [-0.2, -0.15) is 0 Å². The van der Waals surface area contributed by atoms with Crippen LogP contribution in [0.3, 0.4) is 0 Å². The van der Waals surface area contributed by atoms with Crippen LogP contribution >= 0.6 is 0 Å². The number of hydrogen-bond acceptors (Lipinski definition) is 3. The number of nitrogens with one attached hydrogen (secondary N) is 1. The van der Waals surface area contributed by atoms with Gasteiger partial charge < -0.3 is 5.73 Å². The van der Waals surface area contributed by atoms with E-state index in [1.807, 2.05) is 31.2 Å². The van der Waals surface area contributed by atoms with E-state index in [4.69, 9.17) is 5.73 Å². The molecule has 0 unspecified atom stereocenters. The number of nitrogens with two attached hydrogens (primary N) is 1. The third kappa shape index (κ3) is 3.25. The molecule has 0 aliphatic heterocycles. The van der Waals surface area contributed by atoms with Crippen LogP contribution in [0.4, 0.5) is 5.69 Å². The summed E-state index contributed by atoms with van der Waals surface area (Å²) in [5.41, 5.74) is 8.77. The first-order valence-corrected chi connectivity index (χ1v) is 8.37. The van der Waals surface area contributed by atoms with Crippen LogP contribution in [-0.2, 0) is 23.0 Å². The van der Waals surface area contributed by atoms with E-state index in [0.29, 0.717) is 17.8 Å². The average Bonchev–Trinajstić information content (AvgIpc) is 2.47. The van der Waals surface area contributed by atoms with E-state index in [2.05, 4.69) is 4.72 Å². The molecule has 3 N–H and O–H groups in total. The van der Waals surface area contributed by atoms with Gasteiger partial charge in [-0.15, -0.1) is 0 Å². The molecule has 0 saturated carbocycles. The molecule has 0 fully saturated rings. The molecule has 0 aliphatic rings. The second-order valence-electron chi connectivity index (χ2n) is 4.86. The van der Waals surface area contributed by atoms with Gasteiger partial charge in [-0.05, 0) is 42.2 Å². The van der Waals surface area contributed by atoms with Crippen molar-refractivity contribution in [2.45, 2.75) is 31.7 Å². The standard InChI is InChI=1S/C16H20N2O2S/c1-3-13-7-4-5-9-15(13)18-21(19,20)16-10-6-8-14(11-17)12(16)2/h4-10,18H,3,11,17H2,1-2H3.